The van der Waals surface area contributed by atoms with E-state index in [-0.39, 0.29) is 5.41 Å². The van der Waals surface area contributed by atoms with Crippen molar-refractivity contribution in [2.45, 2.75) is 66.2 Å². The summed E-state index contributed by atoms with van der Waals surface area (Å²) >= 11 is 0. The molecule has 17 heavy (non-hydrogen) atoms. The lowest BCUT2D eigenvalue weighted by molar-refractivity contribution is -0.110. The van der Waals surface area contributed by atoms with E-state index < -0.39 is 0 Å². The highest BCUT2D eigenvalue weighted by Gasteiger charge is 2.41. The van der Waals surface area contributed by atoms with Gasteiger partial charge in [0.25, 0.3) is 0 Å². The maximum Gasteiger partial charge on any atom is 0.120 e. The molecule has 0 aromatic heterocycles. The second kappa shape index (κ2) is 4.26. The number of rotatable bonds is 2. The highest BCUT2D eigenvalue weighted by atomic mass is 16.1. The van der Waals surface area contributed by atoms with Gasteiger partial charge in [-0.05, 0) is 48.9 Å². The molecule has 0 spiro atoms. The van der Waals surface area contributed by atoms with Crippen molar-refractivity contribution in [1.82, 2.24) is 0 Å². The zero-order valence-corrected chi connectivity index (χ0v) is 11.8. The Kier molecular flexibility index (Phi) is 3.22. The minimum atomic E-state index is 0.216. The summed E-state index contributed by atoms with van der Waals surface area (Å²) < 4.78 is 0. The fourth-order valence-electron chi connectivity index (χ4n) is 3.67. The van der Waals surface area contributed by atoms with Crippen LogP contribution in [0.25, 0.3) is 0 Å². The van der Waals surface area contributed by atoms with Crippen molar-refractivity contribution in [2.24, 2.45) is 16.7 Å². The van der Waals surface area contributed by atoms with E-state index in [9.17, 15) is 4.79 Å². The molecule has 0 amide bonds. The van der Waals surface area contributed by atoms with Crippen LogP contribution in [-0.4, -0.2) is 6.29 Å². The van der Waals surface area contributed by atoms with E-state index in [1.807, 2.05) is 0 Å². The molecule has 1 heteroatoms. The topological polar surface area (TPSA) is 17.1 Å². The smallest absolute Gasteiger partial charge is 0.120 e. The van der Waals surface area contributed by atoms with E-state index in [2.05, 4.69) is 27.7 Å². The van der Waals surface area contributed by atoms with E-state index in [0.29, 0.717) is 11.3 Å². The monoisotopic (exact) mass is 234 g/mol. The summed E-state index contributed by atoms with van der Waals surface area (Å²) in [5.74, 6) is 0.594. The van der Waals surface area contributed by atoms with Gasteiger partial charge in [-0.1, -0.05) is 38.8 Å². The second-order valence-electron chi connectivity index (χ2n) is 7.22. The molecular formula is C16H26O. The van der Waals surface area contributed by atoms with Gasteiger partial charge in [-0.15, -0.1) is 0 Å². The molecule has 0 aromatic carbocycles. The lowest BCUT2D eigenvalue weighted by Crippen LogP contribution is -2.35. The Balaban J connectivity index is 2.27. The molecule has 1 nitrogen and oxygen atoms in total. The molecule has 2 unspecified atom stereocenters. The number of carbonyl (C=O) groups excluding carboxylic acids is 1. The third kappa shape index (κ3) is 2.34. The van der Waals surface area contributed by atoms with E-state index in [1.54, 1.807) is 11.1 Å². The predicted octanol–water partition coefficient (Wildman–Crippen LogP) is 4.52. The van der Waals surface area contributed by atoms with Crippen molar-refractivity contribution in [2.75, 3.05) is 0 Å². The fraction of sp³-hybridized carbons (Fsp3) is 0.812. The largest absolute Gasteiger partial charge is 0.303 e. The fourth-order valence-corrected chi connectivity index (χ4v) is 3.67. The molecule has 0 fully saturated rings. The number of carbonyl (C=O) groups is 1. The predicted molar refractivity (Wildman–Crippen MR) is 71.8 cm³/mol. The van der Waals surface area contributed by atoms with Gasteiger partial charge in [0.1, 0.15) is 6.29 Å². The minimum absolute atomic E-state index is 0.216. The van der Waals surface area contributed by atoms with Gasteiger partial charge in [-0.2, -0.15) is 0 Å². The molecule has 96 valence electrons. The van der Waals surface area contributed by atoms with Gasteiger partial charge >= 0.3 is 0 Å². The van der Waals surface area contributed by atoms with Crippen molar-refractivity contribution in [3.63, 3.8) is 0 Å². The second-order valence-corrected chi connectivity index (χ2v) is 7.22. The number of hydrogen-bond acceptors (Lipinski definition) is 1. The first kappa shape index (κ1) is 12.9. The quantitative estimate of drug-likeness (QED) is 0.507. The SMILES string of the molecule is CC1C2=C(CCC(C)(C)C2)CCC1(C)CC=O. The molecule has 2 aliphatic rings. The van der Waals surface area contributed by atoms with Crippen LogP contribution in [0.1, 0.15) is 66.2 Å². The first-order chi connectivity index (χ1) is 7.88. The van der Waals surface area contributed by atoms with Crippen LogP contribution in [0.3, 0.4) is 0 Å². The zero-order chi connectivity index (χ0) is 12.7. The molecule has 0 bridgehead atoms. The van der Waals surface area contributed by atoms with Gasteiger partial charge in [0.05, 0.1) is 0 Å². The average molecular weight is 234 g/mol. The van der Waals surface area contributed by atoms with Crippen LogP contribution in [0.2, 0.25) is 0 Å². The highest BCUT2D eigenvalue weighted by Crippen LogP contribution is 2.53. The molecule has 0 N–H and O–H groups in total. The molecule has 0 radical (unpaired) electrons. The Morgan fingerprint density at radius 3 is 2.53 bits per heavy atom. The van der Waals surface area contributed by atoms with Gasteiger partial charge in [0, 0.05) is 6.42 Å². The summed E-state index contributed by atoms with van der Waals surface area (Å²) in [4.78, 5) is 10.9. The molecule has 0 saturated heterocycles. The summed E-state index contributed by atoms with van der Waals surface area (Å²) in [5.41, 5.74) is 4.10. The van der Waals surface area contributed by atoms with Crippen molar-refractivity contribution < 1.29 is 4.79 Å². The first-order valence-corrected chi connectivity index (χ1v) is 7.02. The standard InChI is InChI=1S/C16H26O/c1-12-14-11-15(2,3)7-5-13(14)6-8-16(12,4)9-10-17/h10,12H,5-9,11H2,1-4H3. The van der Waals surface area contributed by atoms with E-state index >= 15 is 0 Å². The summed E-state index contributed by atoms with van der Waals surface area (Å²) in [6.07, 6.45) is 8.17. The number of hydrogen-bond donors (Lipinski definition) is 0. The summed E-state index contributed by atoms with van der Waals surface area (Å²) in [6, 6.07) is 0. The summed E-state index contributed by atoms with van der Waals surface area (Å²) in [5, 5.41) is 0. The van der Waals surface area contributed by atoms with Crippen molar-refractivity contribution in [1.29, 1.82) is 0 Å². The van der Waals surface area contributed by atoms with Gasteiger partial charge in [-0.3, -0.25) is 0 Å². The maximum atomic E-state index is 10.9. The van der Waals surface area contributed by atoms with Crippen LogP contribution in [0.15, 0.2) is 11.1 Å². The van der Waals surface area contributed by atoms with Crippen molar-refractivity contribution in [3.05, 3.63) is 11.1 Å². The Hall–Kier alpha value is -0.590. The van der Waals surface area contributed by atoms with Crippen molar-refractivity contribution in [3.8, 4) is 0 Å². The van der Waals surface area contributed by atoms with Crippen LogP contribution in [0, 0.1) is 16.7 Å². The molecule has 0 aliphatic heterocycles. The lowest BCUT2D eigenvalue weighted by Gasteiger charge is -2.46. The summed E-state index contributed by atoms with van der Waals surface area (Å²) in [6.45, 7) is 9.42. The molecule has 2 rings (SSSR count). The van der Waals surface area contributed by atoms with Crippen LogP contribution in [0.4, 0.5) is 0 Å². The molecule has 2 aliphatic carbocycles. The zero-order valence-electron chi connectivity index (χ0n) is 11.8. The Morgan fingerprint density at radius 2 is 1.88 bits per heavy atom. The van der Waals surface area contributed by atoms with Gasteiger partial charge in [0.15, 0.2) is 0 Å². The normalized spacial score (nSPS) is 36.6. The highest BCUT2D eigenvalue weighted by molar-refractivity contribution is 5.51. The minimum Gasteiger partial charge on any atom is -0.303 e. The van der Waals surface area contributed by atoms with Gasteiger partial charge < -0.3 is 4.79 Å². The first-order valence-electron chi connectivity index (χ1n) is 7.02. The molecule has 2 atom stereocenters. The third-order valence-corrected chi connectivity index (χ3v) is 5.34. The van der Waals surface area contributed by atoms with E-state index in [4.69, 9.17) is 0 Å². The number of aldehydes is 1. The number of allylic oxidation sites excluding steroid dienone is 2. The Morgan fingerprint density at radius 1 is 1.24 bits per heavy atom. The summed E-state index contributed by atoms with van der Waals surface area (Å²) in [7, 11) is 0. The lowest BCUT2D eigenvalue weighted by atomic mass is 9.59. The van der Waals surface area contributed by atoms with Gasteiger partial charge in [-0.25, -0.2) is 0 Å². The van der Waals surface area contributed by atoms with Crippen LogP contribution < -0.4 is 0 Å². The molecule has 0 aromatic rings. The van der Waals surface area contributed by atoms with E-state index in [1.165, 1.54) is 32.1 Å². The van der Waals surface area contributed by atoms with Gasteiger partial charge in [0.2, 0.25) is 0 Å². The Labute approximate surface area is 106 Å². The maximum absolute atomic E-state index is 10.9. The molecule has 0 saturated carbocycles. The van der Waals surface area contributed by atoms with Crippen LogP contribution in [-0.2, 0) is 4.79 Å². The van der Waals surface area contributed by atoms with E-state index in [0.717, 1.165) is 12.7 Å². The molecular weight excluding hydrogens is 208 g/mol. The van der Waals surface area contributed by atoms with Crippen molar-refractivity contribution >= 4 is 6.29 Å². The Bertz CT molecular complexity index is 351. The third-order valence-electron chi connectivity index (χ3n) is 5.34. The molecule has 0 heterocycles. The van der Waals surface area contributed by atoms with Crippen LogP contribution in [0.5, 0.6) is 0 Å². The average Bonchev–Trinajstić information content (AvgIpc) is 2.24. The van der Waals surface area contributed by atoms with Crippen LogP contribution >= 0.6 is 0 Å².